The van der Waals surface area contributed by atoms with E-state index >= 15 is 0 Å². The quantitative estimate of drug-likeness (QED) is 0.833. The summed E-state index contributed by atoms with van der Waals surface area (Å²) in [5.41, 5.74) is 6.55. The third kappa shape index (κ3) is 4.03. The summed E-state index contributed by atoms with van der Waals surface area (Å²) in [4.78, 5) is 0.223. The SMILES string of the molecule is N#CCc1ccc(S(=O)(=O)NC(CN)C2CCCC2)cc1. The predicted octanol–water partition coefficient (Wildman–Crippen LogP) is 1.55. The van der Waals surface area contributed by atoms with E-state index in [4.69, 9.17) is 11.0 Å². The Morgan fingerprint density at radius 1 is 1.29 bits per heavy atom. The second-order valence-corrected chi connectivity index (χ2v) is 7.20. The first kappa shape index (κ1) is 16.0. The molecule has 1 atom stereocenters. The number of nitriles is 1. The van der Waals surface area contributed by atoms with Crippen LogP contribution in [-0.4, -0.2) is 21.0 Å². The Morgan fingerprint density at radius 2 is 1.90 bits per heavy atom. The maximum Gasteiger partial charge on any atom is 0.240 e. The summed E-state index contributed by atoms with van der Waals surface area (Å²) in [6.07, 6.45) is 4.63. The predicted molar refractivity (Wildman–Crippen MR) is 80.9 cm³/mol. The minimum absolute atomic E-state index is 0.198. The Labute approximate surface area is 126 Å². The number of nitrogens with zero attached hydrogens (tertiary/aromatic N) is 1. The molecule has 2 rings (SSSR count). The van der Waals surface area contributed by atoms with Gasteiger partial charge in [0.25, 0.3) is 0 Å². The molecule has 0 aromatic heterocycles. The van der Waals surface area contributed by atoms with E-state index in [1.165, 1.54) is 12.1 Å². The first-order valence-corrected chi connectivity index (χ1v) is 8.73. The first-order valence-electron chi connectivity index (χ1n) is 7.25. The van der Waals surface area contributed by atoms with Gasteiger partial charge >= 0.3 is 0 Å². The van der Waals surface area contributed by atoms with Crippen LogP contribution in [0.3, 0.4) is 0 Å². The van der Waals surface area contributed by atoms with Gasteiger partial charge in [-0.1, -0.05) is 25.0 Å². The molecule has 1 saturated carbocycles. The summed E-state index contributed by atoms with van der Waals surface area (Å²) in [6, 6.07) is 8.26. The Balaban J connectivity index is 2.11. The second-order valence-electron chi connectivity index (χ2n) is 5.49. The number of hydrogen-bond donors (Lipinski definition) is 2. The van der Waals surface area contributed by atoms with E-state index in [0.29, 0.717) is 12.5 Å². The van der Waals surface area contributed by atoms with Crippen molar-refractivity contribution in [3.63, 3.8) is 0 Å². The molecule has 0 spiro atoms. The fourth-order valence-electron chi connectivity index (χ4n) is 2.84. The van der Waals surface area contributed by atoms with Gasteiger partial charge in [-0.25, -0.2) is 13.1 Å². The molecule has 0 aliphatic heterocycles. The highest BCUT2D eigenvalue weighted by Crippen LogP contribution is 2.28. The highest BCUT2D eigenvalue weighted by Gasteiger charge is 2.28. The van der Waals surface area contributed by atoms with Crippen molar-refractivity contribution in [1.29, 1.82) is 5.26 Å². The number of nitrogens with one attached hydrogen (secondary N) is 1. The Hall–Kier alpha value is -1.42. The molecule has 1 aromatic rings. The minimum Gasteiger partial charge on any atom is -0.329 e. The number of hydrogen-bond acceptors (Lipinski definition) is 4. The van der Waals surface area contributed by atoms with Gasteiger partial charge in [0.1, 0.15) is 0 Å². The molecular weight excluding hydrogens is 286 g/mol. The molecule has 114 valence electrons. The van der Waals surface area contributed by atoms with Gasteiger partial charge in [-0.2, -0.15) is 5.26 Å². The van der Waals surface area contributed by atoms with Crippen LogP contribution < -0.4 is 10.5 Å². The highest BCUT2D eigenvalue weighted by atomic mass is 32.2. The van der Waals surface area contributed by atoms with E-state index in [9.17, 15) is 8.42 Å². The van der Waals surface area contributed by atoms with Gasteiger partial charge in [-0.3, -0.25) is 0 Å². The summed E-state index contributed by atoms with van der Waals surface area (Å²) in [7, 11) is -3.55. The minimum atomic E-state index is -3.55. The number of nitrogens with two attached hydrogens (primary N) is 1. The van der Waals surface area contributed by atoms with Gasteiger partial charge in [0.05, 0.1) is 17.4 Å². The van der Waals surface area contributed by atoms with E-state index in [1.807, 2.05) is 6.07 Å². The maximum atomic E-state index is 12.4. The van der Waals surface area contributed by atoms with E-state index < -0.39 is 10.0 Å². The molecule has 1 aliphatic carbocycles. The lowest BCUT2D eigenvalue weighted by Crippen LogP contribution is -2.44. The summed E-state index contributed by atoms with van der Waals surface area (Å²) in [5.74, 6) is 0.336. The molecule has 1 unspecified atom stereocenters. The molecule has 0 saturated heterocycles. The zero-order valence-electron chi connectivity index (χ0n) is 12.0. The summed E-state index contributed by atoms with van der Waals surface area (Å²) in [5, 5.41) is 8.63. The van der Waals surface area contributed by atoms with Crippen molar-refractivity contribution in [3.8, 4) is 6.07 Å². The van der Waals surface area contributed by atoms with Crippen LogP contribution in [0.2, 0.25) is 0 Å². The lowest BCUT2D eigenvalue weighted by atomic mass is 9.99. The molecule has 3 N–H and O–H groups in total. The summed E-state index contributed by atoms with van der Waals surface area (Å²) < 4.78 is 27.5. The third-order valence-corrected chi connectivity index (χ3v) is 5.55. The molecule has 1 aliphatic rings. The van der Waals surface area contributed by atoms with Gasteiger partial charge < -0.3 is 5.73 Å². The van der Waals surface area contributed by atoms with E-state index in [2.05, 4.69) is 4.72 Å². The zero-order valence-corrected chi connectivity index (χ0v) is 12.8. The van der Waals surface area contributed by atoms with Crippen LogP contribution in [0.15, 0.2) is 29.2 Å². The lowest BCUT2D eigenvalue weighted by Gasteiger charge is -2.23. The van der Waals surface area contributed by atoms with Gasteiger partial charge in [0.2, 0.25) is 10.0 Å². The average molecular weight is 307 g/mol. The molecule has 0 amide bonds. The molecule has 6 heteroatoms. The summed E-state index contributed by atoms with van der Waals surface area (Å²) in [6.45, 7) is 0.316. The van der Waals surface area contributed by atoms with Gasteiger partial charge in [-0.05, 0) is 36.5 Å². The van der Waals surface area contributed by atoms with Crippen molar-refractivity contribution in [2.45, 2.75) is 43.0 Å². The topological polar surface area (TPSA) is 96.0 Å². The van der Waals surface area contributed by atoms with Crippen molar-refractivity contribution in [3.05, 3.63) is 29.8 Å². The first-order chi connectivity index (χ1) is 10.1. The van der Waals surface area contributed by atoms with Crippen LogP contribution >= 0.6 is 0 Å². The smallest absolute Gasteiger partial charge is 0.240 e. The van der Waals surface area contributed by atoms with E-state index in [1.54, 1.807) is 12.1 Å². The van der Waals surface area contributed by atoms with Gasteiger partial charge in [-0.15, -0.1) is 0 Å². The average Bonchev–Trinajstić information content (AvgIpc) is 3.00. The Morgan fingerprint density at radius 3 is 2.43 bits per heavy atom. The zero-order chi connectivity index (χ0) is 15.3. The van der Waals surface area contributed by atoms with Crippen molar-refractivity contribution < 1.29 is 8.42 Å². The van der Waals surface area contributed by atoms with E-state index in [-0.39, 0.29) is 17.4 Å². The molecule has 1 aromatic carbocycles. The van der Waals surface area contributed by atoms with Crippen molar-refractivity contribution in [2.75, 3.05) is 6.54 Å². The van der Waals surface area contributed by atoms with Crippen LogP contribution in [0.5, 0.6) is 0 Å². The Kier molecular flexibility index (Phi) is 5.34. The largest absolute Gasteiger partial charge is 0.329 e. The summed E-state index contributed by atoms with van der Waals surface area (Å²) >= 11 is 0. The highest BCUT2D eigenvalue weighted by molar-refractivity contribution is 7.89. The molecule has 0 radical (unpaired) electrons. The van der Waals surface area contributed by atoms with Crippen LogP contribution in [0.25, 0.3) is 0 Å². The standard InChI is InChI=1S/C15H21N3O2S/c16-10-9-12-5-7-14(8-6-12)21(19,20)18-15(11-17)13-3-1-2-4-13/h5-8,13,15,18H,1-4,9,11,17H2. The van der Waals surface area contributed by atoms with Crippen molar-refractivity contribution in [1.82, 2.24) is 4.72 Å². The molecule has 0 bridgehead atoms. The van der Waals surface area contributed by atoms with Crippen LogP contribution in [0, 0.1) is 17.2 Å². The number of benzene rings is 1. The second kappa shape index (κ2) is 7.03. The lowest BCUT2D eigenvalue weighted by molar-refractivity contribution is 0.405. The van der Waals surface area contributed by atoms with Crippen molar-refractivity contribution in [2.24, 2.45) is 11.7 Å². The molecule has 1 fully saturated rings. The van der Waals surface area contributed by atoms with Crippen molar-refractivity contribution >= 4 is 10.0 Å². The molecule has 5 nitrogen and oxygen atoms in total. The fourth-order valence-corrected chi connectivity index (χ4v) is 4.16. The third-order valence-electron chi connectivity index (χ3n) is 4.05. The molecular formula is C15H21N3O2S. The molecule has 21 heavy (non-hydrogen) atoms. The van der Waals surface area contributed by atoms with Gasteiger partial charge in [0.15, 0.2) is 0 Å². The molecule has 0 heterocycles. The monoisotopic (exact) mass is 307 g/mol. The fraction of sp³-hybridized carbons (Fsp3) is 0.533. The number of sulfonamides is 1. The maximum absolute atomic E-state index is 12.4. The van der Waals surface area contributed by atoms with E-state index in [0.717, 1.165) is 31.2 Å². The Bertz CT molecular complexity index is 599. The van der Waals surface area contributed by atoms with Crippen LogP contribution in [-0.2, 0) is 16.4 Å². The normalized spacial score (nSPS) is 17.5. The van der Waals surface area contributed by atoms with Crippen LogP contribution in [0.4, 0.5) is 0 Å². The number of rotatable bonds is 6. The van der Waals surface area contributed by atoms with Gasteiger partial charge in [0, 0.05) is 12.6 Å². The van der Waals surface area contributed by atoms with Crippen LogP contribution in [0.1, 0.15) is 31.2 Å².